The maximum absolute atomic E-state index is 13.6. The minimum absolute atomic E-state index is 0.128. The number of halogens is 2. The number of carbonyl (C=O) groups excluding carboxylic acids is 1. The number of carboxylic acid groups (broad SMARTS) is 2. The van der Waals surface area contributed by atoms with Crippen molar-refractivity contribution >= 4 is 29.2 Å². The summed E-state index contributed by atoms with van der Waals surface area (Å²) in [5.74, 6) is -5.69. The van der Waals surface area contributed by atoms with Gasteiger partial charge in [0, 0.05) is 36.1 Å². The normalized spacial score (nSPS) is 18.0. The maximum atomic E-state index is 13.6. The first kappa shape index (κ1) is 23.4. The summed E-state index contributed by atoms with van der Waals surface area (Å²) in [4.78, 5) is 34.0. The van der Waals surface area contributed by atoms with E-state index in [1.807, 2.05) is 0 Å². The van der Waals surface area contributed by atoms with Crippen LogP contribution in [0.4, 0.5) is 8.78 Å². The number of thiophene rings is 1. The fourth-order valence-electron chi connectivity index (χ4n) is 3.33. The van der Waals surface area contributed by atoms with Crippen LogP contribution >= 0.6 is 11.3 Å². The van der Waals surface area contributed by atoms with Crippen molar-refractivity contribution in [3.05, 3.63) is 57.3 Å². The Morgan fingerprint density at radius 2 is 1.83 bits per heavy atom. The molecule has 3 rings (SSSR count). The Balaban J connectivity index is 0.000000469. The molecule has 1 amide bonds. The third-order valence-electron chi connectivity index (χ3n) is 4.75. The van der Waals surface area contributed by atoms with Crippen LogP contribution in [0.15, 0.2) is 29.6 Å². The van der Waals surface area contributed by atoms with Crippen molar-refractivity contribution in [2.75, 3.05) is 13.1 Å². The lowest BCUT2D eigenvalue weighted by Crippen LogP contribution is -2.44. The highest BCUT2D eigenvalue weighted by molar-refractivity contribution is 7.10. The van der Waals surface area contributed by atoms with Crippen molar-refractivity contribution in [1.82, 2.24) is 10.2 Å². The van der Waals surface area contributed by atoms with Gasteiger partial charge in [0.05, 0.1) is 5.56 Å². The number of fused-ring (bicyclic) bond motifs is 1. The first-order chi connectivity index (χ1) is 14.1. The molecule has 0 aliphatic carbocycles. The molecule has 0 radical (unpaired) electrons. The number of amides is 1. The quantitative estimate of drug-likeness (QED) is 0.631. The minimum atomic E-state index is -1.82. The second kappa shape index (κ2) is 10.3. The molecule has 0 saturated heterocycles. The van der Waals surface area contributed by atoms with Gasteiger partial charge >= 0.3 is 11.9 Å². The van der Waals surface area contributed by atoms with Gasteiger partial charge in [-0.25, -0.2) is 18.4 Å². The molecule has 10 heteroatoms. The molecule has 30 heavy (non-hydrogen) atoms. The molecule has 0 fully saturated rings. The molecule has 7 nitrogen and oxygen atoms in total. The number of rotatable bonds is 4. The predicted octanol–water partition coefficient (Wildman–Crippen LogP) is 2.92. The van der Waals surface area contributed by atoms with Crippen molar-refractivity contribution < 1.29 is 33.4 Å². The molecule has 1 aromatic carbocycles. The van der Waals surface area contributed by atoms with Gasteiger partial charge in [-0.15, -0.1) is 11.3 Å². The van der Waals surface area contributed by atoms with E-state index in [-0.39, 0.29) is 5.56 Å². The Kier molecular flexibility index (Phi) is 8.01. The van der Waals surface area contributed by atoms with Gasteiger partial charge < -0.3 is 15.5 Å². The molecule has 0 bridgehead atoms. The zero-order valence-electron chi connectivity index (χ0n) is 16.4. The summed E-state index contributed by atoms with van der Waals surface area (Å²) >= 11 is 1.77. The monoisotopic (exact) mass is 440 g/mol. The minimum Gasteiger partial charge on any atom is -0.473 e. The molecule has 2 atom stereocenters. The first-order valence-corrected chi connectivity index (χ1v) is 10.0. The van der Waals surface area contributed by atoms with Crippen molar-refractivity contribution in [3.8, 4) is 0 Å². The molecule has 2 heterocycles. The topological polar surface area (TPSA) is 107 Å². The number of hydrogen-bond donors (Lipinski definition) is 3. The van der Waals surface area contributed by atoms with E-state index < -0.39 is 29.5 Å². The highest BCUT2D eigenvalue weighted by Gasteiger charge is 2.29. The van der Waals surface area contributed by atoms with Crippen molar-refractivity contribution in [3.63, 3.8) is 0 Å². The lowest BCUT2D eigenvalue weighted by Gasteiger charge is -2.38. The number of nitrogens with zero attached hydrogens (tertiary/aromatic N) is 1. The van der Waals surface area contributed by atoms with E-state index in [0.29, 0.717) is 25.2 Å². The first-order valence-electron chi connectivity index (χ1n) is 9.13. The molecule has 1 aliphatic heterocycles. The van der Waals surface area contributed by atoms with Gasteiger partial charge in [0.25, 0.3) is 5.91 Å². The predicted molar refractivity (Wildman–Crippen MR) is 107 cm³/mol. The molecule has 2 aromatic rings. The fraction of sp³-hybridized carbons (Fsp3) is 0.350. The highest BCUT2D eigenvalue weighted by atomic mass is 32.1. The number of hydrogen-bond acceptors (Lipinski definition) is 5. The molecule has 3 N–H and O–H groups in total. The van der Waals surface area contributed by atoms with Crippen LogP contribution in [0.1, 0.15) is 40.7 Å². The SMILES string of the molecule is C[C@@H]1Cc2ccsc2[C@H](C)N1CCNC(=O)c1ccc(F)cc1F.O=C(O)C(=O)O. The molecule has 1 aliphatic rings. The van der Waals surface area contributed by atoms with Crippen LogP contribution < -0.4 is 5.32 Å². The second-order valence-corrected chi connectivity index (χ2v) is 7.72. The molecule has 0 saturated carbocycles. The van der Waals surface area contributed by atoms with Gasteiger partial charge in [0.15, 0.2) is 0 Å². The Bertz CT molecular complexity index is 922. The maximum Gasteiger partial charge on any atom is 0.414 e. The van der Waals surface area contributed by atoms with E-state index >= 15 is 0 Å². The van der Waals surface area contributed by atoms with Crippen LogP contribution in [0.5, 0.6) is 0 Å². The lowest BCUT2D eigenvalue weighted by atomic mass is 9.97. The summed E-state index contributed by atoms with van der Waals surface area (Å²) in [7, 11) is 0. The lowest BCUT2D eigenvalue weighted by molar-refractivity contribution is -0.159. The molecule has 0 unspecified atom stereocenters. The van der Waals surface area contributed by atoms with Crippen LogP contribution in [0, 0.1) is 11.6 Å². The molecule has 162 valence electrons. The van der Waals surface area contributed by atoms with Crippen LogP contribution in [0.3, 0.4) is 0 Å². The van der Waals surface area contributed by atoms with Crippen molar-refractivity contribution in [2.24, 2.45) is 0 Å². The van der Waals surface area contributed by atoms with Gasteiger partial charge in [-0.3, -0.25) is 9.69 Å². The highest BCUT2D eigenvalue weighted by Crippen LogP contribution is 2.35. The summed E-state index contributed by atoms with van der Waals surface area (Å²) in [6.07, 6.45) is 1.00. The summed E-state index contributed by atoms with van der Waals surface area (Å²) in [5, 5.41) is 19.6. The molecular weight excluding hydrogens is 418 g/mol. The zero-order valence-corrected chi connectivity index (χ0v) is 17.2. The third-order valence-corrected chi connectivity index (χ3v) is 5.88. The van der Waals surface area contributed by atoms with Gasteiger partial charge in [-0.1, -0.05) is 0 Å². The standard InChI is InChI=1S/C18H20F2N2OS.C2H2O4/c1-11-9-13-5-8-24-17(13)12(2)22(11)7-6-21-18(23)15-4-3-14(19)10-16(15)20;3-1(4)2(5)6/h3-5,8,10-12H,6-7,9H2,1-2H3,(H,21,23);(H,3,4)(H,5,6)/t11-,12+;/m1./s1. The average molecular weight is 440 g/mol. The average Bonchev–Trinajstić information content (AvgIpc) is 3.13. The molecule has 1 aromatic heterocycles. The van der Waals surface area contributed by atoms with E-state index in [9.17, 15) is 13.6 Å². The Hall–Kier alpha value is -2.85. The Morgan fingerprint density at radius 3 is 2.43 bits per heavy atom. The van der Waals surface area contributed by atoms with E-state index in [1.54, 1.807) is 11.3 Å². The number of nitrogens with one attached hydrogen (secondary N) is 1. The fourth-order valence-corrected chi connectivity index (χ4v) is 4.35. The van der Waals surface area contributed by atoms with E-state index in [4.69, 9.17) is 19.8 Å². The van der Waals surface area contributed by atoms with Crippen LogP contribution in [0.2, 0.25) is 0 Å². The van der Waals surface area contributed by atoms with E-state index in [2.05, 4.69) is 35.5 Å². The van der Waals surface area contributed by atoms with Gasteiger partial charge in [0.1, 0.15) is 11.6 Å². The van der Waals surface area contributed by atoms with Gasteiger partial charge in [-0.05, 0) is 49.4 Å². The summed E-state index contributed by atoms with van der Waals surface area (Å²) in [5.41, 5.74) is 1.28. The van der Waals surface area contributed by atoms with Crippen LogP contribution in [-0.4, -0.2) is 52.1 Å². The number of carboxylic acids is 2. The third kappa shape index (κ3) is 5.83. The summed E-state index contributed by atoms with van der Waals surface area (Å²) < 4.78 is 26.5. The van der Waals surface area contributed by atoms with Gasteiger partial charge in [0.2, 0.25) is 0 Å². The molecule has 0 spiro atoms. The number of aliphatic carboxylic acids is 2. The number of benzene rings is 1. The zero-order chi connectivity index (χ0) is 22.4. The van der Waals surface area contributed by atoms with Crippen molar-refractivity contribution in [2.45, 2.75) is 32.4 Å². The number of carbonyl (C=O) groups is 3. The van der Waals surface area contributed by atoms with Crippen LogP contribution in [0.25, 0.3) is 0 Å². The van der Waals surface area contributed by atoms with Crippen molar-refractivity contribution in [1.29, 1.82) is 0 Å². The molecular formula is C20H22F2N2O5S. The van der Waals surface area contributed by atoms with E-state index in [1.165, 1.54) is 16.5 Å². The Morgan fingerprint density at radius 1 is 1.17 bits per heavy atom. The Labute approximate surface area is 175 Å². The van der Waals surface area contributed by atoms with E-state index in [0.717, 1.165) is 18.6 Å². The van der Waals surface area contributed by atoms with Gasteiger partial charge in [-0.2, -0.15) is 0 Å². The summed E-state index contributed by atoms with van der Waals surface area (Å²) in [6.45, 7) is 5.46. The smallest absolute Gasteiger partial charge is 0.414 e. The van der Waals surface area contributed by atoms with Crippen LogP contribution in [-0.2, 0) is 16.0 Å². The largest absolute Gasteiger partial charge is 0.473 e. The second-order valence-electron chi connectivity index (χ2n) is 6.77. The summed E-state index contributed by atoms with van der Waals surface area (Å²) in [6, 6.07) is 5.87.